The Hall–Kier alpha value is -1.40. The first-order valence-corrected chi connectivity index (χ1v) is 36.9. The Bertz CT molecular complexity index is 1210. The number of carbonyl (C=O) groups is 2. The molecule has 0 saturated heterocycles. The normalized spacial score (nSPS) is 12.5. The Morgan fingerprint density at radius 1 is 0.338 bits per heavy atom. The van der Waals surface area contributed by atoms with Crippen LogP contribution in [0.5, 0.6) is 0 Å². The molecule has 0 aliphatic carbocycles. The van der Waals surface area contributed by atoms with E-state index in [0.717, 1.165) is 38.5 Å². The summed E-state index contributed by atoms with van der Waals surface area (Å²) in [6.45, 7) is 5.00. The second-order valence-corrected chi connectivity index (χ2v) is 25.6. The number of aliphatic hydroxyl groups excluding tert-OH is 2. The van der Waals surface area contributed by atoms with Gasteiger partial charge >= 0.3 is 5.97 Å². The Morgan fingerprint density at radius 3 is 0.887 bits per heavy atom. The van der Waals surface area contributed by atoms with Crippen molar-refractivity contribution < 1.29 is 24.5 Å². The monoisotopic (exact) mass is 1130 g/mol. The van der Waals surface area contributed by atoms with E-state index < -0.39 is 12.1 Å². The minimum atomic E-state index is -0.662. The molecule has 2 atom stereocenters. The van der Waals surface area contributed by atoms with E-state index in [1.807, 2.05) is 0 Å². The highest BCUT2D eigenvalue weighted by molar-refractivity contribution is 5.76. The van der Waals surface area contributed by atoms with Gasteiger partial charge in [-0.15, -0.1) is 0 Å². The maximum Gasteiger partial charge on any atom is 0.305 e. The number of esters is 1. The fourth-order valence-corrected chi connectivity index (χ4v) is 11.9. The van der Waals surface area contributed by atoms with E-state index in [2.05, 4.69) is 31.3 Å². The summed E-state index contributed by atoms with van der Waals surface area (Å²) in [5.74, 6) is -0.00771. The van der Waals surface area contributed by atoms with Gasteiger partial charge in [0.1, 0.15) is 0 Å². The van der Waals surface area contributed by atoms with Crippen molar-refractivity contribution in [3.8, 4) is 0 Å². The first kappa shape index (κ1) is 78.6. The molecule has 476 valence electrons. The molecule has 0 bridgehead atoms. The molecule has 0 aromatic carbocycles. The number of hydrogen-bond acceptors (Lipinski definition) is 5. The molecule has 0 aliphatic rings. The van der Waals surface area contributed by atoms with E-state index in [4.69, 9.17) is 4.74 Å². The van der Waals surface area contributed by atoms with E-state index in [9.17, 15) is 19.8 Å². The molecular weight excluding hydrogens is 983 g/mol. The summed E-state index contributed by atoms with van der Waals surface area (Å²) in [4.78, 5) is 24.6. The van der Waals surface area contributed by atoms with Crippen molar-refractivity contribution in [3.63, 3.8) is 0 Å². The molecule has 0 radical (unpaired) electrons. The lowest BCUT2D eigenvalue weighted by molar-refractivity contribution is -0.143. The van der Waals surface area contributed by atoms with Crippen molar-refractivity contribution in [1.82, 2.24) is 5.32 Å². The van der Waals surface area contributed by atoms with Crippen LogP contribution in [0.1, 0.15) is 425 Å². The van der Waals surface area contributed by atoms with E-state index in [0.29, 0.717) is 25.9 Å². The molecule has 0 aromatic rings. The first-order valence-electron chi connectivity index (χ1n) is 36.9. The maximum atomic E-state index is 12.5. The van der Waals surface area contributed by atoms with Crippen LogP contribution in [0.3, 0.4) is 0 Å². The molecule has 0 spiro atoms. The highest BCUT2D eigenvalue weighted by Crippen LogP contribution is 2.19. The van der Waals surface area contributed by atoms with Gasteiger partial charge in [0.05, 0.1) is 25.4 Å². The Morgan fingerprint density at radius 2 is 0.588 bits per heavy atom. The van der Waals surface area contributed by atoms with Gasteiger partial charge in [-0.1, -0.05) is 373 Å². The van der Waals surface area contributed by atoms with E-state index >= 15 is 0 Å². The molecule has 0 fully saturated rings. The smallest absolute Gasteiger partial charge is 0.305 e. The molecule has 6 heteroatoms. The van der Waals surface area contributed by atoms with Crippen molar-refractivity contribution in [2.45, 2.75) is 437 Å². The average molecular weight is 1130 g/mol. The number of aliphatic hydroxyl groups is 2. The van der Waals surface area contributed by atoms with Gasteiger partial charge in [-0.3, -0.25) is 9.59 Å². The van der Waals surface area contributed by atoms with Gasteiger partial charge in [0.2, 0.25) is 5.91 Å². The highest BCUT2D eigenvalue weighted by Gasteiger charge is 2.20. The van der Waals surface area contributed by atoms with Gasteiger partial charge in [0.15, 0.2) is 0 Å². The number of carbonyl (C=O) groups excluding carboxylic acids is 2. The maximum absolute atomic E-state index is 12.5. The van der Waals surface area contributed by atoms with Gasteiger partial charge in [-0.2, -0.15) is 0 Å². The number of allylic oxidation sites excluding steroid dienone is 2. The van der Waals surface area contributed by atoms with Crippen molar-refractivity contribution >= 4 is 11.9 Å². The van der Waals surface area contributed by atoms with Crippen LogP contribution < -0.4 is 5.32 Å². The summed E-state index contributed by atoms with van der Waals surface area (Å²) in [6.07, 6.45) is 87.1. The minimum Gasteiger partial charge on any atom is -0.466 e. The van der Waals surface area contributed by atoms with Crippen LogP contribution in [0, 0.1) is 0 Å². The van der Waals surface area contributed by atoms with Gasteiger partial charge in [-0.25, -0.2) is 0 Å². The molecule has 0 heterocycles. The number of rotatable bonds is 70. The zero-order chi connectivity index (χ0) is 57.8. The second kappa shape index (κ2) is 70.1. The van der Waals surface area contributed by atoms with Crippen LogP contribution in [0.4, 0.5) is 0 Å². The second-order valence-electron chi connectivity index (χ2n) is 25.6. The zero-order valence-electron chi connectivity index (χ0n) is 54.6. The van der Waals surface area contributed by atoms with Crippen LogP contribution in [0.25, 0.3) is 0 Å². The molecule has 0 aliphatic heterocycles. The fraction of sp³-hybridized carbons (Fsp3) is 0.946. The Kier molecular flexibility index (Phi) is 68.9. The highest BCUT2D eigenvalue weighted by atomic mass is 16.5. The van der Waals surface area contributed by atoms with E-state index in [-0.39, 0.29) is 18.5 Å². The molecular formula is C74H145NO5. The summed E-state index contributed by atoms with van der Waals surface area (Å²) >= 11 is 0. The van der Waals surface area contributed by atoms with E-state index in [1.54, 1.807) is 0 Å². The molecule has 6 nitrogen and oxygen atoms in total. The lowest BCUT2D eigenvalue weighted by Gasteiger charge is -2.22. The summed E-state index contributed by atoms with van der Waals surface area (Å²) < 4.78 is 5.48. The predicted octanol–water partition coefficient (Wildman–Crippen LogP) is 23.9. The summed E-state index contributed by atoms with van der Waals surface area (Å²) in [5.41, 5.74) is 0. The quantitative estimate of drug-likeness (QED) is 0.0320. The molecule has 0 aromatic heterocycles. The number of nitrogens with one attached hydrogen (secondary N) is 1. The van der Waals surface area contributed by atoms with Crippen molar-refractivity contribution in [1.29, 1.82) is 0 Å². The average Bonchev–Trinajstić information content (AvgIpc) is 3.46. The Labute approximate surface area is 501 Å². The molecule has 1 amide bonds. The van der Waals surface area contributed by atoms with Crippen molar-refractivity contribution in [3.05, 3.63) is 12.2 Å². The number of unbranched alkanes of at least 4 members (excludes halogenated alkanes) is 57. The molecule has 2 unspecified atom stereocenters. The van der Waals surface area contributed by atoms with Crippen LogP contribution >= 0.6 is 0 Å². The molecule has 80 heavy (non-hydrogen) atoms. The van der Waals surface area contributed by atoms with Crippen LogP contribution in [0.15, 0.2) is 12.2 Å². The number of amides is 1. The largest absolute Gasteiger partial charge is 0.466 e. The van der Waals surface area contributed by atoms with Gasteiger partial charge in [0, 0.05) is 12.8 Å². The lowest BCUT2D eigenvalue weighted by Crippen LogP contribution is -2.45. The topological polar surface area (TPSA) is 95.9 Å². The van der Waals surface area contributed by atoms with Gasteiger partial charge in [-0.05, 0) is 51.4 Å². The molecule has 3 N–H and O–H groups in total. The van der Waals surface area contributed by atoms with Crippen LogP contribution in [0.2, 0.25) is 0 Å². The lowest BCUT2D eigenvalue weighted by atomic mass is 10.0. The van der Waals surface area contributed by atoms with Crippen LogP contribution in [-0.2, 0) is 14.3 Å². The van der Waals surface area contributed by atoms with Gasteiger partial charge < -0.3 is 20.3 Å². The third-order valence-electron chi connectivity index (χ3n) is 17.6. The third kappa shape index (κ3) is 65.7. The predicted molar refractivity (Wildman–Crippen MR) is 352 cm³/mol. The van der Waals surface area contributed by atoms with E-state index in [1.165, 1.54) is 353 Å². The summed E-state index contributed by atoms with van der Waals surface area (Å²) in [5, 5.41) is 23.4. The van der Waals surface area contributed by atoms with Crippen molar-refractivity contribution in [2.24, 2.45) is 0 Å². The fourth-order valence-electron chi connectivity index (χ4n) is 11.9. The number of hydrogen-bond donors (Lipinski definition) is 3. The molecule has 0 saturated carbocycles. The standard InChI is InChI=1S/C74H145NO5/c1-3-5-7-9-11-13-15-16-17-18-34-37-40-43-47-50-54-58-62-66-72(77)71(70-76)75-73(78)67-63-59-55-51-48-44-41-38-35-32-30-28-26-24-22-20-19-21-23-25-27-29-31-33-36-39-42-45-49-53-57-61-65-69-80-74(79)68-64-60-56-52-46-14-12-10-8-6-4-2/h23,25,71-72,76-77H,3-22,24,26-70H2,1-2H3,(H,75,78)/b25-23-. The van der Waals surface area contributed by atoms with Gasteiger partial charge in [0.25, 0.3) is 0 Å². The number of ether oxygens (including phenoxy) is 1. The minimum absolute atomic E-state index is 0.0193. The zero-order valence-corrected chi connectivity index (χ0v) is 54.6. The van der Waals surface area contributed by atoms with Crippen molar-refractivity contribution in [2.75, 3.05) is 13.2 Å². The van der Waals surface area contributed by atoms with Crippen LogP contribution in [-0.4, -0.2) is 47.4 Å². The first-order chi connectivity index (χ1) is 39.5. The molecule has 0 rings (SSSR count). The Balaban J connectivity index is 3.35. The summed E-state index contributed by atoms with van der Waals surface area (Å²) in [7, 11) is 0. The third-order valence-corrected chi connectivity index (χ3v) is 17.6. The SMILES string of the molecule is CCCCCCCCCCCCCCCCCCCCCC(O)C(CO)NC(=O)CCCCCCCCCCCCCCCCCCC/C=C\CCCCCCCCCCCCCCOC(=O)CCCCCCCCCCCCC. The summed E-state index contributed by atoms with van der Waals surface area (Å²) in [6, 6.07) is -0.539.